The van der Waals surface area contributed by atoms with Gasteiger partial charge < -0.3 is 0 Å². The van der Waals surface area contributed by atoms with Gasteiger partial charge in [-0.3, -0.25) is 9.59 Å². The number of carbonyl (C=O) groups excluding carboxylic acids is 2. The summed E-state index contributed by atoms with van der Waals surface area (Å²) in [5, 5.41) is 8.40. The van der Waals surface area contributed by atoms with Crippen LogP contribution >= 0.6 is 58.2 Å². The van der Waals surface area contributed by atoms with Crippen molar-refractivity contribution in [2.75, 3.05) is 0 Å². The normalized spacial score (nSPS) is 13.4. The van der Waals surface area contributed by atoms with E-state index in [4.69, 9.17) is 46.4 Å². The number of hydrazone groups is 2. The molecule has 2 atom stereocenters. The van der Waals surface area contributed by atoms with Gasteiger partial charge in [-0.15, -0.1) is 11.8 Å². The zero-order valence-electron chi connectivity index (χ0n) is 16.4. The zero-order chi connectivity index (χ0) is 23.0. The Kier molecular flexibility index (Phi) is 10.1. The molecule has 0 heterocycles. The van der Waals surface area contributed by atoms with E-state index in [2.05, 4.69) is 21.1 Å². The fourth-order valence-electron chi connectivity index (χ4n) is 2.14. The molecule has 0 aromatic heterocycles. The molecule has 2 amide bonds. The monoisotopic (exact) mass is 518 g/mol. The standard InChI is InChI=1S/C20H18Cl4N4O2S/c1-11(19(29)27-25-9-13-3-5-15(21)17(23)7-13)31-12(2)20(30)28-26-10-14-4-6-16(22)18(24)8-14/h3-12H,1-2H3,(H,27,29)(H,28,30)/b25-9+,26-10?. The van der Waals surface area contributed by atoms with Gasteiger partial charge in [0.15, 0.2) is 0 Å². The Morgan fingerprint density at radius 2 is 1.16 bits per heavy atom. The van der Waals surface area contributed by atoms with Crippen LogP contribution in [0.15, 0.2) is 46.6 Å². The van der Waals surface area contributed by atoms with Gasteiger partial charge in [0.1, 0.15) is 0 Å². The van der Waals surface area contributed by atoms with Gasteiger partial charge >= 0.3 is 0 Å². The number of nitrogens with one attached hydrogen (secondary N) is 2. The van der Waals surface area contributed by atoms with Crippen molar-refractivity contribution in [1.82, 2.24) is 10.9 Å². The minimum absolute atomic E-state index is 0.347. The van der Waals surface area contributed by atoms with Crippen molar-refractivity contribution in [2.24, 2.45) is 10.2 Å². The number of rotatable bonds is 8. The number of thioether (sulfide) groups is 1. The van der Waals surface area contributed by atoms with Gasteiger partial charge in [0.05, 0.1) is 43.0 Å². The lowest BCUT2D eigenvalue weighted by Gasteiger charge is -2.14. The Morgan fingerprint density at radius 3 is 1.52 bits per heavy atom. The van der Waals surface area contributed by atoms with E-state index >= 15 is 0 Å². The highest BCUT2D eigenvalue weighted by atomic mass is 35.5. The third-order valence-corrected chi connectivity index (χ3v) is 6.53. The van der Waals surface area contributed by atoms with Crippen LogP contribution in [0.25, 0.3) is 0 Å². The molecule has 11 heteroatoms. The first-order chi connectivity index (χ1) is 14.7. The molecule has 0 saturated heterocycles. The Hall–Kier alpha value is -1.77. The molecule has 0 spiro atoms. The molecule has 0 saturated carbocycles. The number of amides is 2. The number of benzene rings is 2. The largest absolute Gasteiger partial charge is 0.272 e. The van der Waals surface area contributed by atoms with Crippen molar-refractivity contribution in [3.8, 4) is 0 Å². The summed E-state index contributed by atoms with van der Waals surface area (Å²) in [6.07, 6.45) is 2.90. The summed E-state index contributed by atoms with van der Waals surface area (Å²) in [7, 11) is 0. The summed E-state index contributed by atoms with van der Waals surface area (Å²) in [5.41, 5.74) is 6.23. The average molecular weight is 520 g/mol. The lowest BCUT2D eigenvalue weighted by atomic mass is 10.2. The third kappa shape index (κ3) is 8.35. The van der Waals surface area contributed by atoms with Crippen LogP contribution in [0.2, 0.25) is 20.1 Å². The second-order valence-electron chi connectivity index (χ2n) is 6.24. The van der Waals surface area contributed by atoms with Gasteiger partial charge in [0.25, 0.3) is 11.8 Å². The van der Waals surface area contributed by atoms with E-state index in [-0.39, 0.29) is 11.8 Å². The van der Waals surface area contributed by atoms with Gasteiger partial charge in [0.2, 0.25) is 0 Å². The Balaban J connectivity index is 1.80. The number of carbonyl (C=O) groups is 2. The molecular formula is C20H18Cl4N4O2S. The number of hydrogen-bond donors (Lipinski definition) is 2. The Morgan fingerprint density at radius 1 is 0.774 bits per heavy atom. The summed E-state index contributed by atoms with van der Waals surface area (Å²) in [4.78, 5) is 24.4. The molecule has 2 N–H and O–H groups in total. The van der Waals surface area contributed by atoms with Crippen LogP contribution in [0, 0.1) is 0 Å². The van der Waals surface area contributed by atoms with Crippen LogP contribution in [0.4, 0.5) is 0 Å². The van der Waals surface area contributed by atoms with E-state index in [1.165, 1.54) is 24.2 Å². The van der Waals surface area contributed by atoms with Gasteiger partial charge in [-0.2, -0.15) is 10.2 Å². The maximum atomic E-state index is 12.2. The van der Waals surface area contributed by atoms with Crippen LogP contribution in [0.3, 0.4) is 0 Å². The molecule has 0 bridgehead atoms. The van der Waals surface area contributed by atoms with Gasteiger partial charge in [-0.25, -0.2) is 10.9 Å². The molecule has 31 heavy (non-hydrogen) atoms. The minimum Gasteiger partial charge on any atom is -0.272 e. The van der Waals surface area contributed by atoms with E-state index in [1.54, 1.807) is 50.2 Å². The molecule has 0 fully saturated rings. The van der Waals surface area contributed by atoms with Crippen molar-refractivity contribution >= 4 is 82.4 Å². The Bertz CT molecular complexity index is 937. The first kappa shape index (κ1) is 25.5. The first-order valence-corrected chi connectivity index (χ1v) is 11.3. The first-order valence-electron chi connectivity index (χ1n) is 8.88. The van der Waals surface area contributed by atoms with Crippen LogP contribution in [-0.2, 0) is 9.59 Å². The predicted molar refractivity (Wildman–Crippen MR) is 131 cm³/mol. The average Bonchev–Trinajstić information content (AvgIpc) is 2.72. The van der Waals surface area contributed by atoms with Crippen molar-refractivity contribution in [1.29, 1.82) is 0 Å². The second kappa shape index (κ2) is 12.3. The highest BCUT2D eigenvalue weighted by Crippen LogP contribution is 2.23. The summed E-state index contributed by atoms with van der Waals surface area (Å²) in [5.74, 6) is -0.694. The summed E-state index contributed by atoms with van der Waals surface area (Å²) in [6, 6.07) is 9.96. The van der Waals surface area contributed by atoms with Crippen LogP contribution in [0.1, 0.15) is 25.0 Å². The van der Waals surface area contributed by atoms with Crippen LogP contribution in [0.5, 0.6) is 0 Å². The van der Waals surface area contributed by atoms with Gasteiger partial charge in [0, 0.05) is 0 Å². The third-order valence-electron chi connectivity index (χ3n) is 3.81. The second-order valence-corrected chi connectivity index (χ2v) is 9.55. The molecule has 0 aliphatic heterocycles. The molecule has 0 radical (unpaired) electrons. The van der Waals surface area contributed by atoms with Crippen molar-refractivity contribution in [3.63, 3.8) is 0 Å². The van der Waals surface area contributed by atoms with Gasteiger partial charge in [-0.1, -0.05) is 58.5 Å². The zero-order valence-corrected chi connectivity index (χ0v) is 20.2. The fourth-order valence-corrected chi connectivity index (χ4v) is 3.72. The number of halogens is 4. The van der Waals surface area contributed by atoms with Crippen LogP contribution < -0.4 is 10.9 Å². The van der Waals surface area contributed by atoms with Crippen molar-refractivity contribution in [2.45, 2.75) is 24.3 Å². The molecule has 2 rings (SSSR count). The lowest BCUT2D eigenvalue weighted by Crippen LogP contribution is -2.33. The lowest BCUT2D eigenvalue weighted by molar-refractivity contribution is -0.120. The smallest absolute Gasteiger partial charge is 0.252 e. The molecule has 164 valence electrons. The highest BCUT2D eigenvalue weighted by molar-refractivity contribution is 8.01. The van der Waals surface area contributed by atoms with Crippen molar-refractivity contribution < 1.29 is 9.59 Å². The molecule has 2 aromatic carbocycles. The maximum Gasteiger partial charge on any atom is 0.252 e. The summed E-state index contributed by atoms with van der Waals surface area (Å²) in [6.45, 7) is 3.36. The predicted octanol–water partition coefficient (Wildman–Crippen LogP) is 5.41. The topological polar surface area (TPSA) is 82.9 Å². The van der Waals surface area contributed by atoms with Crippen LogP contribution in [-0.4, -0.2) is 34.7 Å². The van der Waals surface area contributed by atoms with E-state index in [9.17, 15) is 9.59 Å². The minimum atomic E-state index is -0.522. The summed E-state index contributed by atoms with van der Waals surface area (Å²) < 4.78 is 0. The molecule has 6 nitrogen and oxygen atoms in total. The fraction of sp³-hybridized carbons (Fsp3) is 0.200. The molecule has 0 aliphatic rings. The van der Waals surface area contributed by atoms with E-state index in [1.807, 2.05) is 0 Å². The molecule has 2 aromatic rings. The summed E-state index contributed by atoms with van der Waals surface area (Å²) >= 11 is 24.7. The maximum absolute atomic E-state index is 12.2. The number of nitrogens with zero attached hydrogens (tertiary/aromatic N) is 2. The highest BCUT2D eigenvalue weighted by Gasteiger charge is 2.21. The quantitative estimate of drug-likeness (QED) is 0.361. The van der Waals surface area contributed by atoms with E-state index in [0.29, 0.717) is 31.2 Å². The van der Waals surface area contributed by atoms with Gasteiger partial charge in [-0.05, 0) is 49.2 Å². The number of hydrogen-bond acceptors (Lipinski definition) is 5. The van der Waals surface area contributed by atoms with Crippen molar-refractivity contribution in [3.05, 3.63) is 67.6 Å². The Labute approximate surface area is 204 Å². The molecular weight excluding hydrogens is 502 g/mol. The molecule has 0 aliphatic carbocycles. The SMILES string of the molecule is CC(SC(C)C(=O)N/N=C/c1ccc(Cl)c(Cl)c1)C(=O)NN=Cc1ccc(Cl)c(Cl)c1. The van der Waals surface area contributed by atoms with E-state index < -0.39 is 10.5 Å². The molecule has 2 unspecified atom stereocenters. The van der Waals surface area contributed by atoms with E-state index in [0.717, 1.165) is 0 Å².